The van der Waals surface area contributed by atoms with Gasteiger partial charge in [0.2, 0.25) is 0 Å². The molecule has 1 aliphatic heterocycles. The minimum absolute atomic E-state index is 0.103. The Morgan fingerprint density at radius 1 is 1.14 bits per heavy atom. The first-order valence-corrected chi connectivity index (χ1v) is 9.61. The van der Waals surface area contributed by atoms with E-state index in [-0.39, 0.29) is 12.6 Å². The van der Waals surface area contributed by atoms with E-state index in [0.717, 1.165) is 12.8 Å². The highest BCUT2D eigenvalue weighted by atomic mass is 19.4. The largest absolute Gasteiger partial charge is 0.444 e. The van der Waals surface area contributed by atoms with Crippen molar-refractivity contribution in [3.05, 3.63) is 0 Å². The summed E-state index contributed by atoms with van der Waals surface area (Å²) < 4.78 is 47.7. The van der Waals surface area contributed by atoms with E-state index < -0.39 is 24.3 Å². The van der Waals surface area contributed by atoms with Gasteiger partial charge in [-0.3, -0.25) is 4.99 Å². The number of carbonyl (C=O) groups excluding carboxylic acids is 1. The van der Waals surface area contributed by atoms with E-state index >= 15 is 0 Å². The summed E-state index contributed by atoms with van der Waals surface area (Å²) in [5, 5.41) is 5.44. The van der Waals surface area contributed by atoms with Crippen LogP contribution in [0.25, 0.3) is 0 Å². The van der Waals surface area contributed by atoms with Crippen LogP contribution < -0.4 is 10.6 Å². The van der Waals surface area contributed by atoms with Crippen LogP contribution in [0, 0.1) is 0 Å². The van der Waals surface area contributed by atoms with Crippen LogP contribution in [0.4, 0.5) is 18.0 Å². The molecule has 7 nitrogen and oxygen atoms in total. The summed E-state index contributed by atoms with van der Waals surface area (Å²) >= 11 is 0. The molecule has 1 aliphatic rings. The van der Waals surface area contributed by atoms with Crippen LogP contribution in [0.5, 0.6) is 0 Å². The molecule has 0 aromatic heterocycles. The molecule has 0 aromatic rings. The molecule has 0 aromatic carbocycles. The summed E-state index contributed by atoms with van der Waals surface area (Å²) in [5.41, 5.74) is -0.517. The highest BCUT2D eigenvalue weighted by Gasteiger charge is 2.27. The zero-order valence-corrected chi connectivity index (χ0v) is 17.2. The fourth-order valence-electron chi connectivity index (χ4n) is 2.71. The van der Waals surface area contributed by atoms with Crippen molar-refractivity contribution in [1.82, 2.24) is 15.5 Å². The number of alkyl carbamates (subject to hydrolysis) is 1. The van der Waals surface area contributed by atoms with Crippen LogP contribution in [0.2, 0.25) is 0 Å². The van der Waals surface area contributed by atoms with E-state index in [2.05, 4.69) is 15.6 Å². The number of alkyl halides is 3. The monoisotopic (exact) mass is 410 g/mol. The summed E-state index contributed by atoms with van der Waals surface area (Å²) in [4.78, 5) is 17.5. The summed E-state index contributed by atoms with van der Waals surface area (Å²) in [7, 11) is 1.57. The van der Waals surface area contributed by atoms with Gasteiger partial charge in [-0.1, -0.05) is 0 Å². The molecule has 10 heteroatoms. The van der Waals surface area contributed by atoms with E-state index in [0.29, 0.717) is 38.6 Å². The third-order valence-electron chi connectivity index (χ3n) is 3.99. The van der Waals surface area contributed by atoms with Crippen molar-refractivity contribution >= 4 is 12.1 Å². The van der Waals surface area contributed by atoms with E-state index in [1.807, 2.05) is 25.7 Å². The molecule has 1 amide bonds. The number of carbonyl (C=O) groups is 1. The third kappa shape index (κ3) is 11.2. The molecule has 0 saturated carbocycles. The fraction of sp³-hybridized carbons (Fsp3) is 0.889. The predicted molar refractivity (Wildman–Crippen MR) is 101 cm³/mol. The third-order valence-corrected chi connectivity index (χ3v) is 3.99. The summed E-state index contributed by atoms with van der Waals surface area (Å²) in [5.74, 6) is 0.490. The summed E-state index contributed by atoms with van der Waals surface area (Å²) in [6.07, 6.45) is -3.16. The molecule has 1 fully saturated rings. The van der Waals surface area contributed by atoms with Crippen LogP contribution >= 0.6 is 0 Å². The average Bonchev–Trinajstić information content (AvgIpc) is 2.57. The summed E-state index contributed by atoms with van der Waals surface area (Å²) in [6, 6.07) is 0. The maximum atomic E-state index is 12.3. The van der Waals surface area contributed by atoms with Gasteiger partial charge >= 0.3 is 12.3 Å². The van der Waals surface area contributed by atoms with Crippen molar-refractivity contribution in [1.29, 1.82) is 0 Å². The number of rotatable bonds is 7. The van der Waals surface area contributed by atoms with Crippen LogP contribution in [-0.4, -0.2) is 74.7 Å². The zero-order valence-electron chi connectivity index (χ0n) is 17.2. The maximum absolute atomic E-state index is 12.3. The van der Waals surface area contributed by atoms with Gasteiger partial charge in [0.25, 0.3) is 0 Å². The van der Waals surface area contributed by atoms with Gasteiger partial charge in [0.15, 0.2) is 5.96 Å². The van der Waals surface area contributed by atoms with Crippen LogP contribution in [0.15, 0.2) is 4.99 Å². The lowest BCUT2D eigenvalue weighted by molar-refractivity contribution is -0.132. The highest BCUT2D eigenvalue weighted by Crippen LogP contribution is 2.18. The Morgan fingerprint density at radius 2 is 1.79 bits per heavy atom. The van der Waals surface area contributed by atoms with Crippen molar-refractivity contribution in [3.8, 4) is 0 Å². The van der Waals surface area contributed by atoms with Gasteiger partial charge < -0.3 is 25.0 Å². The van der Waals surface area contributed by atoms with Gasteiger partial charge in [0, 0.05) is 39.8 Å². The number of likely N-dealkylation sites (tertiary alicyclic amines) is 1. The zero-order chi connectivity index (χ0) is 21.2. The summed E-state index contributed by atoms with van der Waals surface area (Å²) in [6.45, 7) is 7.59. The number of nitrogens with one attached hydrogen (secondary N) is 2. The van der Waals surface area contributed by atoms with E-state index in [1.54, 1.807) is 7.05 Å². The van der Waals surface area contributed by atoms with Crippen molar-refractivity contribution in [2.24, 2.45) is 4.99 Å². The first kappa shape index (κ1) is 24.3. The van der Waals surface area contributed by atoms with Gasteiger partial charge in [-0.2, -0.15) is 13.2 Å². The number of aliphatic imine (C=N–C) groups is 1. The lowest BCUT2D eigenvalue weighted by atomic mass is 10.1. The second-order valence-electron chi connectivity index (χ2n) is 7.68. The van der Waals surface area contributed by atoms with Crippen molar-refractivity contribution in [2.75, 3.05) is 39.8 Å². The Labute approximate surface area is 165 Å². The van der Waals surface area contributed by atoms with Crippen molar-refractivity contribution in [2.45, 2.75) is 64.3 Å². The number of nitrogens with zero attached hydrogens (tertiary/aromatic N) is 2. The second kappa shape index (κ2) is 11.3. The molecule has 28 heavy (non-hydrogen) atoms. The average molecular weight is 410 g/mol. The molecule has 0 aliphatic carbocycles. The Morgan fingerprint density at radius 3 is 2.32 bits per heavy atom. The number of hydrogen-bond acceptors (Lipinski definition) is 4. The SMILES string of the molecule is CN=C(NCCC(F)(F)F)N1CCC(OCCCNC(=O)OC(C)(C)C)CC1. The Kier molecular flexibility index (Phi) is 9.84. The van der Waals surface area contributed by atoms with E-state index in [4.69, 9.17) is 9.47 Å². The standard InChI is InChI=1S/C18H33F3N4O3/c1-17(2,3)28-16(26)24-9-5-13-27-14-6-11-25(12-7-14)15(22-4)23-10-8-18(19,20)21/h14H,5-13H2,1-4H3,(H,22,23)(H,24,26). The second-order valence-corrected chi connectivity index (χ2v) is 7.68. The number of hydrogen-bond donors (Lipinski definition) is 2. The van der Waals surface area contributed by atoms with Crippen molar-refractivity contribution < 1.29 is 27.4 Å². The first-order valence-electron chi connectivity index (χ1n) is 9.61. The molecular formula is C18H33F3N4O3. The van der Waals surface area contributed by atoms with Crippen LogP contribution in [0.3, 0.4) is 0 Å². The van der Waals surface area contributed by atoms with Gasteiger partial charge in [0.05, 0.1) is 12.5 Å². The van der Waals surface area contributed by atoms with E-state index in [1.165, 1.54) is 0 Å². The topological polar surface area (TPSA) is 75.2 Å². The number of piperidine rings is 1. The molecule has 0 unspecified atom stereocenters. The maximum Gasteiger partial charge on any atom is 0.407 e. The van der Waals surface area contributed by atoms with Crippen molar-refractivity contribution in [3.63, 3.8) is 0 Å². The van der Waals surface area contributed by atoms with Crippen LogP contribution in [-0.2, 0) is 9.47 Å². The highest BCUT2D eigenvalue weighted by molar-refractivity contribution is 5.79. The molecular weight excluding hydrogens is 377 g/mol. The van der Waals surface area contributed by atoms with Gasteiger partial charge in [-0.25, -0.2) is 4.79 Å². The molecule has 0 bridgehead atoms. The molecule has 1 saturated heterocycles. The molecule has 0 spiro atoms. The normalized spacial score (nSPS) is 16.8. The predicted octanol–water partition coefficient (Wildman–Crippen LogP) is 2.91. The molecule has 1 rings (SSSR count). The quantitative estimate of drug-likeness (QED) is 0.384. The van der Waals surface area contributed by atoms with E-state index in [9.17, 15) is 18.0 Å². The Bertz CT molecular complexity index is 499. The fourth-order valence-corrected chi connectivity index (χ4v) is 2.71. The smallest absolute Gasteiger partial charge is 0.407 e. The van der Waals surface area contributed by atoms with Gasteiger partial charge in [-0.15, -0.1) is 0 Å². The number of halogens is 3. The molecule has 164 valence electrons. The molecule has 0 radical (unpaired) electrons. The minimum Gasteiger partial charge on any atom is -0.444 e. The number of amides is 1. The lowest BCUT2D eigenvalue weighted by Gasteiger charge is -2.34. The molecule has 2 N–H and O–H groups in total. The first-order chi connectivity index (χ1) is 13.0. The van der Waals surface area contributed by atoms with Crippen LogP contribution in [0.1, 0.15) is 46.5 Å². The molecule has 1 heterocycles. The Balaban J connectivity index is 2.16. The van der Waals surface area contributed by atoms with Gasteiger partial charge in [-0.05, 0) is 40.0 Å². The number of ether oxygens (including phenoxy) is 2. The van der Waals surface area contributed by atoms with Gasteiger partial charge in [0.1, 0.15) is 5.60 Å². The molecule has 0 atom stereocenters. The minimum atomic E-state index is -4.18. The number of guanidine groups is 1. The Hall–Kier alpha value is -1.71. The lowest BCUT2D eigenvalue weighted by Crippen LogP contribution is -2.47.